The quantitative estimate of drug-likeness (QED) is 0.201. The van der Waals surface area contributed by atoms with Gasteiger partial charge in [0.2, 0.25) is 0 Å². The van der Waals surface area contributed by atoms with Gasteiger partial charge in [0.05, 0.1) is 5.69 Å². The maximum Gasteiger partial charge on any atom is 0.148 e. The van der Waals surface area contributed by atoms with E-state index in [4.69, 9.17) is 0 Å². The highest BCUT2D eigenvalue weighted by atomic mass is 19.1. The lowest BCUT2D eigenvalue weighted by Gasteiger charge is -2.19. The number of nitrogens with zero attached hydrogens (tertiary/aromatic N) is 1. The number of aromatic nitrogens is 1. The van der Waals surface area contributed by atoms with Crippen molar-refractivity contribution >= 4 is 11.9 Å². The zero-order valence-corrected chi connectivity index (χ0v) is 26.5. The van der Waals surface area contributed by atoms with Gasteiger partial charge in [-0.2, -0.15) is 0 Å². The predicted molar refractivity (Wildman–Crippen MR) is 181 cm³/mol. The van der Waals surface area contributed by atoms with Crippen molar-refractivity contribution in [1.82, 2.24) is 4.98 Å². The summed E-state index contributed by atoms with van der Waals surface area (Å²) >= 11 is 0. The van der Waals surface area contributed by atoms with E-state index in [-0.39, 0.29) is 11.2 Å². The van der Waals surface area contributed by atoms with Crippen molar-refractivity contribution < 1.29 is 4.39 Å². The normalized spacial score (nSPS) is 12.0. The minimum atomic E-state index is -0.301. The predicted octanol–water partition coefficient (Wildman–Crippen LogP) is 11.7. The van der Waals surface area contributed by atoms with Gasteiger partial charge >= 0.3 is 0 Å². The number of rotatable bonds is 9. The summed E-state index contributed by atoms with van der Waals surface area (Å²) in [5.41, 5.74) is 6.27. The van der Waals surface area contributed by atoms with Gasteiger partial charge in [-0.15, -0.1) is 0 Å². The Morgan fingerprint density at radius 1 is 0.976 bits per heavy atom. The third-order valence-corrected chi connectivity index (χ3v) is 5.84. The van der Waals surface area contributed by atoms with Crippen molar-refractivity contribution in [1.29, 1.82) is 0 Å². The molecule has 0 fully saturated rings. The number of H-pyrrole nitrogens is 1. The van der Waals surface area contributed by atoms with Crippen molar-refractivity contribution in [3.8, 4) is 11.3 Å². The van der Waals surface area contributed by atoms with Gasteiger partial charge in [-0.05, 0) is 72.1 Å². The minimum absolute atomic E-state index is 0.00738. The molecule has 0 bridgehead atoms. The molecule has 0 saturated carbocycles. The molecule has 0 aliphatic carbocycles. The van der Waals surface area contributed by atoms with Crippen LogP contribution in [0.1, 0.15) is 73.1 Å². The number of hydrogen-bond acceptors (Lipinski definition) is 1. The first kappa shape index (κ1) is 35.3. The number of allylic oxidation sites excluding steroid dienone is 7. The molecule has 1 heterocycles. The SMILES string of the molecule is C=C/C=C\C=C/Cc1ccc(F)c(N=C/C(=C\C)C(C)(C)C)c1.CC(C)Cc1ccc(-c2ccccc2)[nH]1.CCC. The Kier molecular flexibility index (Phi) is 16.7. The zero-order chi connectivity index (χ0) is 30.7. The lowest BCUT2D eigenvalue weighted by atomic mass is 9.87. The molecule has 0 amide bonds. The highest BCUT2D eigenvalue weighted by Gasteiger charge is 2.14. The molecule has 1 N–H and O–H groups in total. The van der Waals surface area contributed by atoms with Crippen molar-refractivity contribution in [2.24, 2.45) is 16.3 Å². The molecule has 0 aliphatic heterocycles. The van der Waals surface area contributed by atoms with E-state index in [0.717, 1.165) is 24.0 Å². The Hall–Kier alpha value is -3.72. The molecule has 3 rings (SSSR count). The van der Waals surface area contributed by atoms with E-state index in [9.17, 15) is 4.39 Å². The first-order chi connectivity index (χ1) is 19.5. The molecule has 0 radical (unpaired) electrons. The third kappa shape index (κ3) is 14.5. The molecule has 0 saturated heterocycles. The second-order valence-electron chi connectivity index (χ2n) is 11.4. The van der Waals surface area contributed by atoms with E-state index in [1.165, 1.54) is 29.4 Å². The lowest BCUT2D eigenvalue weighted by Crippen LogP contribution is -2.10. The summed E-state index contributed by atoms with van der Waals surface area (Å²) < 4.78 is 13.9. The van der Waals surface area contributed by atoms with Crippen LogP contribution in [-0.4, -0.2) is 11.2 Å². The van der Waals surface area contributed by atoms with Crippen LogP contribution in [0.5, 0.6) is 0 Å². The smallest absolute Gasteiger partial charge is 0.148 e. The second-order valence-corrected chi connectivity index (χ2v) is 11.4. The van der Waals surface area contributed by atoms with Crippen LogP contribution in [0.15, 0.2) is 114 Å². The van der Waals surface area contributed by atoms with Gasteiger partial charge in [-0.25, -0.2) is 4.39 Å². The zero-order valence-electron chi connectivity index (χ0n) is 26.5. The molecule has 3 aromatic rings. The average Bonchev–Trinajstić information content (AvgIpc) is 3.39. The number of aromatic amines is 1. The molecule has 0 aliphatic rings. The summed E-state index contributed by atoms with van der Waals surface area (Å²) in [6.07, 6.45) is 16.3. The standard InChI is InChI=1S/C21H26FN.C14H17N.C3H8/c1-6-8-9-10-11-12-17-13-14-19(22)20(15-17)23-16-18(7-2)21(3,4)5;1-11(2)10-13-8-9-14(15-13)12-6-4-3-5-7-12;1-3-2/h6-11,13-16H,1,12H2,2-5H3;3-9,11,15H,10H2,1-2H3;3H2,1-2H3/b9-8-,11-10-,18-7+,23-16?;;. The molecule has 0 spiro atoms. The number of benzene rings is 2. The third-order valence-electron chi connectivity index (χ3n) is 5.84. The van der Waals surface area contributed by atoms with Crippen molar-refractivity contribution in [3.05, 3.63) is 126 Å². The van der Waals surface area contributed by atoms with Gasteiger partial charge in [-0.3, -0.25) is 4.99 Å². The van der Waals surface area contributed by atoms with Gasteiger partial charge in [0.1, 0.15) is 5.82 Å². The maximum atomic E-state index is 13.9. The summed E-state index contributed by atoms with van der Waals surface area (Å²) in [7, 11) is 0. The van der Waals surface area contributed by atoms with E-state index >= 15 is 0 Å². The monoisotopic (exact) mass is 554 g/mol. The van der Waals surface area contributed by atoms with E-state index in [1.54, 1.807) is 24.4 Å². The van der Waals surface area contributed by atoms with Crippen LogP contribution >= 0.6 is 0 Å². The number of aliphatic imine (C=N–C) groups is 1. The van der Waals surface area contributed by atoms with Crippen LogP contribution in [0.4, 0.5) is 10.1 Å². The van der Waals surface area contributed by atoms with Crippen molar-refractivity contribution in [2.75, 3.05) is 0 Å². The van der Waals surface area contributed by atoms with Crippen molar-refractivity contribution in [3.63, 3.8) is 0 Å². The fourth-order valence-corrected chi connectivity index (χ4v) is 3.84. The van der Waals surface area contributed by atoms with Crippen LogP contribution in [-0.2, 0) is 12.8 Å². The van der Waals surface area contributed by atoms with Crippen LogP contribution in [0.25, 0.3) is 11.3 Å². The summed E-state index contributed by atoms with van der Waals surface area (Å²) in [4.78, 5) is 7.80. The maximum absolute atomic E-state index is 13.9. The van der Waals surface area contributed by atoms with Gasteiger partial charge in [0, 0.05) is 17.6 Å². The molecular formula is C38H51FN2. The van der Waals surface area contributed by atoms with Crippen LogP contribution in [0.3, 0.4) is 0 Å². The van der Waals surface area contributed by atoms with E-state index in [1.807, 2.05) is 43.4 Å². The van der Waals surface area contributed by atoms with Gasteiger partial charge in [0.15, 0.2) is 0 Å². The number of hydrogen-bond donors (Lipinski definition) is 1. The topological polar surface area (TPSA) is 28.1 Å². The first-order valence-corrected chi connectivity index (χ1v) is 14.7. The summed E-state index contributed by atoms with van der Waals surface area (Å²) in [5.74, 6) is 0.400. The molecule has 2 nitrogen and oxygen atoms in total. The molecule has 3 heteroatoms. The van der Waals surface area contributed by atoms with Gasteiger partial charge in [-0.1, -0.05) is 134 Å². The summed E-state index contributed by atoms with van der Waals surface area (Å²) in [6, 6.07) is 19.8. The van der Waals surface area contributed by atoms with Gasteiger partial charge in [0.25, 0.3) is 0 Å². The first-order valence-electron chi connectivity index (χ1n) is 14.7. The molecule has 2 aromatic carbocycles. The Labute approximate surface area is 249 Å². The summed E-state index contributed by atoms with van der Waals surface area (Å²) in [5, 5.41) is 0. The Morgan fingerprint density at radius 2 is 1.66 bits per heavy atom. The lowest BCUT2D eigenvalue weighted by molar-refractivity contribution is 0.526. The van der Waals surface area contributed by atoms with Crippen LogP contribution in [0.2, 0.25) is 0 Å². The Morgan fingerprint density at radius 3 is 2.24 bits per heavy atom. The molecule has 220 valence electrons. The van der Waals surface area contributed by atoms with Crippen LogP contribution < -0.4 is 0 Å². The molecule has 1 aromatic heterocycles. The Balaban J connectivity index is 0.000000399. The summed E-state index contributed by atoms with van der Waals surface area (Å²) in [6.45, 7) is 20.7. The van der Waals surface area contributed by atoms with Gasteiger partial charge < -0.3 is 4.98 Å². The van der Waals surface area contributed by atoms with E-state index in [0.29, 0.717) is 11.6 Å². The number of halogens is 1. The highest BCUT2D eigenvalue weighted by Crippen LogP contribution is 2.26. The molecule has 0 unspecified atom stereocenters. The second kappa shape index (κ2) is 19.4. The fraction of sp³-hybridized carbons (Fsp3) is 0.342. The molecule has 41 heavy (non-hydrogen) atoms. The minimum Gasteiger partial charge on any atom is -0.358 e. The number of nitrogens with one attached hydrogen (secondary N) is 1. The highest BCUT2D eigenvalue weighted by molar-refractivity contribution is 5.82. The molecular weight excluding hydrogens is 503 g/mol. The average molecular weight is 555 g/mol. The largest absolute Gasteiger partial charge is 0.358 e. The van der Waals surface area contributed by atoms with E-state index < -0.39 is 0 Å². The van der Waals surface area contributed by atoms with Crippen molar-refractivity contribution in [2.45, 2.75) is 74.7 Å². The molecule has 0 atom stereocenters. The fourth-order valence-electron chi connectivity index (χ4n) is 3.84. The Bertz CT molecular complexity index is 1270. The van der Waals surface area contributed by atoms with Crippen LogP contribution in [0, 0.1) is 17.2 Å². The van der Waals surface area contributed by atoms with E-state index in [2.05, 4.69) is 101 Å².